The Morgan fingerprint density at radius 1 is 1.35 bits per heavy atom. The summed E-state index contributed by atoms with van der Waals surface area (Å²) in [4.78, 5) is 23.6. The summed E-state index contributed by atoms with van der Waals surface area (Å²) in [5.41, 5.74) is 6.37. The molecule has 0 radical (unpaired) electrons. The Morgan fingerprint density at radius 3 is 2.55 bits per heavy atom. The van der Waals surface area contributed by atoms with E-state index in [1.165, 1.54) is 22.9 Å². The predicted octanol–water partition coefficient (Wildman–Crippen LogP) is 1.30. The van der Waals surface area contributed by atoms with Gasteiger partial charge in [-0.3, -0.25) is 14.3 Å². The van der Waals surface area contributed by atoms with Crippen molar-refractivity contribution in [3.63, 3.8) is 0 Å². The first-order valence-corrected chi connectivity index (χ1v) is 5.97. The summed E-state index contributed by atoms with van der Waals surface area (Å²) in [6.45, 7) is 3.40. The molecule has 6 heteroatoms. The maximum atomic E-state index is 13.2. The lowest BCUT2D eigenvalue weighted by molar-refractivity contribution is 0.0992. The first-order valence-electron chi connectivity index (χ1n) is 5.97. The fourth-order valence-corrected chi connectivity index (χ4v) is 2.10. The number of primary amides is 1. The molecule has 104 valence electrons. The van der Waals surface area contributed by atoms with Gasteiger partial charge in [-0.2, -0.15) is 5.10 Å². The minimum absolute atomic E-state index is 0.314. The molecule has 0 saturated carbocycles. The highest BCUT2D eigenvalue weighted by Gasteiger charge is 2.19. The largest absolute Gasteiger partial charge is 0.364 e. The number of carbonyl (C=O) groups excluding carboxylic acids is 1. The van der Waals surface area contributed by atoms with E-state index < -0.39 is 11.3 Å². The minimum atomic E-state index is -0.883. The van der Waals surface area contributed by atoms with Crippen LogP contribution in [0.5, 0.6) is 0 Å². The second-order valence-corrected chi connectivity index (χ2v) is 4.59. The molecule has 5 nitrogen and oxygen atoms in total. The third-order valence-electron chi connectivity index (χ3n) is 3.23. The number of benzene rings is 1. The number of amides is 1. The van der Waals surface area contributed by atoms with E-state index >= 15 is 0 Å². The number of nitrogens with zero attached hydrogens (tertiary/aromatic N) is 2. The molecule has 0 aliphatic carbocycles. The van der Waals surface area contributed by atoms with Crippen LogP contribution in [0.1, 0.15) is 21.7 Å². The normalized spacial score (nSPS) is 10.6. The van der Waals surface area contributed by atoms with Crippen molar-refractivity contribution in [2.75, 3.05) is 0 Å². The molecule has 1 amide bonds. The van der Waals surface area contributed by atoms with Gasteiger partial charge in [-0.05, 0) is 37.1 Å². The molecule has 0 aliphatic heterocycles. The van der Waals surface area contributed by atoms with Gasteiger partial charge in [0.15, 0.2) is 5.69 Å². The number of halogens is 1. The second-order valence-electron chi connectivity index (χ2n) is 4.59. The molecule has 2 N–H and O–H groups in total. The van der Waals surface area contributed by atoms with Gasteiger partial charge in [0.25, 0.3) is 5.91 Å². The van der Waals surface area contributed by atoms with Gasteiger partial charge in [-0.25, -0.2) is 4.39 Å². The number of aromatic nitrogens is 2. The van der Waals surface area contributed by atoms with E-state index in [4.69, 9.17) is 5.73 Å². The van der Waals surface area contributed by atoms with Crippen molar-refractivity contribution >= 4 is 5.91 Å². The van der Waals surface area contributed by atoms with Crippen molar-refractivity contribution in [3.05, 3.63) is 51.2 Å². The molecule has 1 heterocycles. The number of rotatable bonds is 2. The molecule has 20 heavy (non-hydrogen) atoms. The van der Waals surface area contributed by atoms with Crippen molar-refractivity contribution in [2.45, 2.75) is 13.8 Å². The molecular formula is C14H14FN3O2. The zero-order valence-electron chi connectivity index (χ0n) is 11.4. The summed E-state index contributed by atoms with van der Waals surface area (Å²) in [6.07, 6.45) is 0. The van der Waals surface area contributed by atoms with Crippen molar-refractivity contribution in [1.29, 1.82) is 0 Å². The summed E-state index contributed by atoms with van der Waals surface area (Å²) in [5, 5.41) is 3.86. The highest BCUT2D eigenvalue weighted by Crippen LogP contribution is 2.23. The van der Waals surface area contributed by atoms with Crippen molar-refractivity contribution in [3.8, 4) is 11.1 Å². The maximum absolute atomic E-state index is 13.2. The molecular weight excluding hydrogens is 261 g/mol. The Morgan fingerprint density at radius 2 is 2.00 bits per heavy atom. The van der Waals surface area contributed by atoms with Crippen LogP contribution < -0.4 is 11.2 Å². The molecule has 0 spiro atoms. The van der Waals surface area contributed by atoms with Gasteiger partial charge in [-0.1, -0.05) is 6.07 Å². The van der Waals surface area contributed by atoms with Crippen molar-refractivity contribution < 1.29 is 9.18 Å². The first-order chi connectivity index (χ1) is 9.32. The molecule has 0 fully saturated rings. The molecule has 2 aromatic rings. The topological polar surface area (TPSA) is 78.0 Å². The van der Waals surface area contributed by atoms with Crippen molar-refractivity contribution in [2.24, 2.45) is 12.8 Å². The molecule has 0 bridgehead atoms. The number of aryl methyl sites for hydroxylation is 2. The third kappa shape index (κ3) is 2.20. The second kappa shape index (κ2) is 4.88. The summed E-state index contributed by atoms with van der Waals surface area (Å²) in [5.74, 6) is -1.27. The Bertz CT molecular complexity index is 766. The molecule has 0 unspecified atom stereocenters. The standard InChI is InChI=1S/C14H14FN3O2/c1-7-6-9(15)4-5-10(7)11-8(2)18(3)17-12(13(11)19)14(16)20/h4-6H,1-3H3,(H2,16,20). The van der Waals surface area contributed by atoms with Crippen LogP contribution in [0.25, 0.3) is 11.1 Å². The van der Waals surface area contributed by atoms with Crippen LogP contribution in [0.2, 0.25) is 0 Å². The molecule has 2 rings (SSSR count). The smallest absolute Gasteiger partial charge is 0.273 e. The van der Waals surface area contributed by atoms with E-state index in [1.807, 2.05) is 0 Å². The molecule has 0 aliphatic rings. The molecule has 1 aromatic heterocycles. The molecule has 0 atom stereocenters. The zero-order valence-corrected chi connectivity index (χ0v) is 11.4. The number of hydrogen-bond donors (Lipinski definition) is 1. The van der Waals surface area contributed by atoms with Crippen LogP contribution in [0, 0.1) is 19.7 Å². The quantitative estimate of drug-likeness (QED) is 0.897. The summed E-state index contributed by atoms with van der Waals surface area (Å²) >= 11 is 0. The van der Waals surface area contributed by atoms with E-state index in [0.29, 0.717) is 22.4 Å². The monoisotopic (exact) mass is 275 g/mol. The van der Waals surface area contributed by atoms with Crippen LogP contribution in [-0.4, -0.2) is 15.7 Å². The van der Waals surface area contributed by atoms with Gasteiger partial charge < -0.3 is 5.73 Å². The van der Waals surface area contributed by atoms with E-state index in [9.17, 15) is 14.0 Å². The summed E-state index contributed by atoms with van der Waals surface area (Å²) in [6, 6.07) is 4.11. The Hall–Kier alpha value is -2.50. The van der Waals surface area contributed by atoms with Crippen LogP contribution in [-0.2, 0) is 7.05 Å². The summed E-state index contributed by atoms with van der Waals surface area (Å²) in [7, 11) is 1.61. The highest BCUT2D eigenvalue weighted by molar-refractivity contribution is 5.92. The predicted molar refractivity (Wildman–Crippen MR) is 72.9 cm³/mol. The Balaban J connectivity index is 2.86. The van der Waals surface area contributed by atoms with Crippen molar-refractivity contribution in [1.82, 2.24) is 9.78 Å². The zero-order chi connectivity index (χ0) is 15.0. The van der Waals surface area contributed by atoms with Gasteiger partial charge in [0.2, 0.25) is 5.43 Å². The lowest BCUT2D eigenvalue weighted by Gasteiger charge is -2.13. The van der Waals surface area contributed by atoms with Gasteiger partial charge in [0, 0.05) is 12.7 Å². The average Bonchev–Trinajstić information content (AvgIpc) is 2.36. The van der Waals surface area contributed by atoms with Gasteiger partial charge in [-0.15, -0.1) is 0 Å². The Kier molecular flexibility index (Phi) is 3.40. The minimum Gasteiger partial charge on any atom is -0.364 e. The SMILES string of the molecule is Cc1cc(F)ccc1-c1c(C)n(C)nc(C(N)=O)c1=O. The van der Waals surface area contributed by atoms with E-state index in [0.717, 1.165) is 0 Å². The molecule has 1 aromatic carbocycles. The number of carbonyl (C=O) groups is 1. The van der Waals surface area contributed by atoms with Crippen LogP contribution in [0.15, 0.2) is 23.0 Å². The maximum Gasteiger partial charge on any atom is 0.273 e. The fourth-order valence-electron chi connectivity index (χ4n) is 2.10. The number of hydrogen-bond acceptors (Lipinski definition) is 3. The molecule has 0 saturated heterocycles. The van der Waals surface area contributed by atoms with Crippen LogP contribution in [0.3, 0.4) is 0 Å². The third-order valence-corrected chi connectivity index (χ3v) is 3.23. The lowest BCUT2D eigenvalue weighted by atomic mass is 9.98. The lowest BCUT2D eigenvalue weighted by Crippen LogP contribution is -2.29. The average molecular weight is 275 g/mol. The van der Waals surface area contributed by atoms with E-state index in [1.54, 1.807) is 20.9 Å². The van der Waals surface area contributed by atoms with Gasteiger partial charge in [0.1, 0.15) is 5.82 Å². The van der Waals surface area contributed by atoms with Crippen LogP contribution in [0.4, 0.5) is 4.39 Å². The van der Waals surface area contributed by atoms with Gasteiger partial charge >= 0.3 is 0 Å². The van der Waals surface area contributed by atoms with E-state index in [2.05, 4.69) is 5.10 Å². The Labute approximate surface area is 114 Å². The highest BCUT2D eigenvalue weighted by atomic mass is 19.1. The van der Waals surface area contributed by atoms with Crippen LogP contribution >= 0.6 is 0 Å². The number of nitrogens with two attached hydrogens (primary N) is 1. The first kappa shape index (κ1) is 13.9. The van der Waals surface area contributed by atoms with E-state index in [-0.39, 0.29) is 11.5 Å². The van der Waals surface area contributed by atoms with Gasteiger partial charge in [0.05, 0.1) is 5.56 Å². The summed E-state index contributed by atoms with van der Waals surface area (Å²) < 4.78 is 14.6. The fraction of sp³-hybridized carbons (Fsp3) is 0.214.